The van der Waals surface area contributed by atoms with Gasteiger partial charge < -0.3 is 10.1 Å². The number of piperidine rings is 1. The second kappa shape index (κ2) is 8.51. The minimum absolute atomic E-state index is 0.0703. The number of benzene rings is 2. The van der Waals surface area contributed by atoms with Gasteiger partial charge in [0.2, 0.25) is 0 Å². The topological polar surface area (TPSA) is 67.6 Å². The molecule has 1 heterocycles. The Labute approximate surface area is 161 Å². The zero-order valence-electron chi connectivity index (χ0n) is 14.7. The maximum atomic E-state index is 11.0. The van der Waals surface area contributed by atoms with Gasteiger partial charge in [-0.15, -0.1) is 0 Å². The quantitative estimate of drug-likeness (QED) is 0.553. The zero-order chi connectivity index (χ0) is 18.5. The molecule has 6 nitrogen and oxygen atoms in total. The highest BCUT2D eigenvalue weighted by Crippen LogP contribution is 2.30. The third kappa shape index (κ3) is 4.74. The Balaban J connectivity index is 1.57. The van der Waals surface area contributed by atoms with Gasteiger partial charge >= 0.3 is 0 Å². The van der Waals surface area contributed by atoms with Gasteiger partial charge in [0, 0.05) is 42.3 Å². The van der Waals surface area contributed by atoms with Crippen molar-refractivity contribution in [2.45, 2.75) is 25.4 Å². The molecule has 1 fully saturated rings. The summed E-state index contributed by atoms with van der Waals surface area (Å²) < 4.78 is 6.42. The molecule has 1 N–H and O–H groups in total. The average Bonchev–Trinajstić information content (AvgIpc) is 2.65. The SMILES string of the molecule is COc1ccc([N+](=O)[O-])cc1NC1CCN(Cc2ccc(Br)cc2)CC1. The van der Waals surface area contributed by atoms with Gasteiger partial charge in [0.05, 0.1) is 17.7 Å². The van der Waals surface area contributed by atoms with Gasteiger partial charge in [-0.1, -0.05) is 28.1 Å². The van der Waals surface area contributed by atoms with E-state index in [4.69, 9.17) is 4.74 Å². The number of hydrogen-bond donors (Lipinski definition) is 1. The van der Waals surface area contributed by atoms with Crippen molar-refractivity contribution in [2.75, 3.05) is 25.5 Å². The van der Waals surface area contributed by atoms with Gasteiger partial charge in [-0.05, 0) is 36.6 Å². The molecule has 1 aliphatic rings. The maximum Gasteiger partial charge on any atom is 0.271 e. The largest absolute Gasteiger partial charge is 0.495 e. The fourth-order valence-corrected chi connectivity index (χ4v) is 3.49. The predicted octanol–water partition coefficient (Wildman–Crippen LogP) is 4.44. The number of methoxy groups -OCH3 is 1. The van der Waals surface area contributed by atoms with Gasteiger partial charge in [-0.25, -0.2) is 0 Å². The molecule has 0 aliphatic carbocycles. The van der Waals surface area contributed by atoms with E-state index in [0.29, 0.717) is 11.4 Å². The van der Waals surface area contributed by atoms with E-state index in [1.54, 1.807) is 19.2 Å². The van der Waals surface area contributed by atoms with Crippen molar-refractivity contribution in [2.24, 2.45) is 0 Å². The van der Waals surface area contributed by atoms with Gasteiger partial charge in [-0.3, -0.25) is 15.0 Å². The van der Waals surface area contributed by atoms with E-state index in [-0.39, 0.29) is 16.7 Å². The summed E-state index contributed by atoms with van der Waals surface area (Å²) in [5, 5.41) is 14.4. The van der Waals surface area contributed by atoms with Crippen LogP contribution in [-0.4, -0.2) is 36.1 Å². The highest BCUT2D eigenvalue weighted by molar-refractivity contribution is 9.10. The lowest BCUT2D eigenvalue weighted by Gasteiger charge is -2.33. The minimum atomic E-state index is -0.383. The lowest BCUT2D eigenvalue weighted by molar-refractivity contribution is -0.384. The van der Waals surface area contributed by atoms with E-state index in [9.17, 15) is 10.1 Å². The average molecular weight is 420 g/mol. The molecule has 1 aliphatic heterocycles. The fourth-order valence-electron chi connectivity index (χ4n) is 3.23. The van der Waals surface area contributed by atoms with Gasteiger partial charge in [0.25, 0.3) is 5.69 Å². The van der Waals surface area contributed by atoms with Gasteiger partial charge in [-0.2, -0.15) is 0 Å². The summed E-state index contributed by atoms with van der Waals surface area (Å²) in [6, 6.07) is 13.4. The number of nitrogens with one attached hydrogen (secondary N) is 1. The molecule has 0 unspecified atom stereocenters. The normalized spacial score (nSPS) is 15.6. The van der Waals surface area contributed by atoms with Crippen molar-refractivity contribution < 1.29 is 9.66 Å². The Bertz CT molecular complexity index is 759. The smallest absolute Gasteiger partial charge is 0.271 e. The van der Waals surface area contributed by atoms with Crippen LogP contribution >= 0.6 is 15.9 Å². The van der Waals surface area contributed by atoms with Gasteiger partial charge in [0.15, 0.2) is 0 Å². The molecule has 0 amide bonds. The Morgan fingerprint density at radius 2 is 1.92 bits per heavy atom. The number of non-ortho nitro benzene ring substituents is 1. The van der Waals surface area contributed by atoms with E-state index in [1.165, 1.54) is 11.6 Å². The molecule has 0 radical (unpaired) electrons. The first-order valence-corrected chi connectivity index (χ1v) is 9.40. The standard InChI is InChI=1S/C19H22BrN3O3/c1-26-19-7-6-17(23(24)25)12-18(19)21-16-8-10-22(11-9-16)13-14-2-4-15(20)5-3-14/h2-7,12,16,21H,8-11,13H2,1H3. The van der Waals surface area contributed by atoms with Crippen molar-refractivity contribution in [3.63, 3.8) is 0 Å². The number of hydrogen-bond acceptors (Lipinski definition) is 5. The number of anilines is 1. The Hall–Kier alpha value is -2.12. The number of halogens is 1. The summed E-state index contributed by atoms with van der Waals surface area (Å²) in [7, 11) is 1.58. The molecular weight excluding hydrogens is 398 g/mol. The molecule has 7 heteroatoms. The van der Waals surface area contributed by atoms with E-state index in [0.717, 1.165) is 36.9 Å². The highest BCUT2D eigenvalue weighted by atomic mass is 79.9. The minimum Gasteiger partial charge on any atom is -0.495 e. The van der Waals surface area contributed by atoms with Crippen LogP contribution in [0.15, 0.2) is 46.9 Å². The maximum absolute atomic E-state index is 11.0. The summed E-state index contributed by atoms with van der Waals surface area (Å²) >= 11 is 3.46. The van der Waals surface area contributed by atoms with E-state index < -0.39 is 0 Å². The third-order valence-corrected chi connectivity index (χ3v) is 5.19. The van der Waals surface area contributed by atoms with Crippen LogP contribution < -0.4 is 10.1 Å². The molecule has 0 spiro atoms. The summed E-state index contributed by atoms with van der Waals surface area (Å²) in [5.41, 5.74) is 2.06. The zero-order valence-corrected chi connectivity index (χ0v) is 16.2. The molecule has 0 saturated carbocycles. The molecule has 138 valence electrons. The number of nitro groups is 1. The van der Waals surface area contributed by atoms with Crippen LogP contribution in [0.25, 0.3) is 0 Å². The second-order valence-electron chi connectivity index (χ2n) is 6.46. The van der Waals surface area contributed by atoms with Gasteiger partial charge in [0.1, 0.15) is 5.75 Å². The molecule has 0 aromatic heterocycles. The van der Waals surface area contributed by atoms with Crippen molar-refractivity contribution in [1.29, 1.82) is 0 Å². The second-order valence-corrected chi connectivity index (χ2v) is 7.38. The number of rotatable bonds is 6. The van der Waals surface area contributed by atoms with Crippen LogP contribution in [0.4, 0.5) is 11.4 Å². The van der Waals surface area contributed by atoms with Crippen LogP contribution in [-0.2, 0) is 6.54 Å². The fraction of sp³-hybridized carbons (Fsp3) is 0.368. The highest BCUT2D eigenvalue weighted by Gasteiger charge is 2.21. The molecule has 1 saturated heterocycles. The lowest BCUT2D eigenvalue weighted by atomic mass is 10.0. The number of nitrogens with zero attached hydrogens (tertiary/aromatic N) is 2. The number of likely N-dealkylation sites (tertiary alicyclic amines) is 1. The number of ether oxygens (including phenoxy) is 1. The number of nitro benzene ring substituents is 1. The van der Waals surface area contributed by atoms with Crippen LogP contribution in [0.1, 0.15) is 18.4 Å². The van der Waals surface area contributed by atoms with Crippen LogP contribution in [0.2, 0.25) is 0 Å². The summed E-state index contributed by atoms with van der Waals surface area (Å²) in [4.78, 5) is 13.1. The van der Waals surface area contributed by atoms with E-state index in [2.05, 4.69) is 50.4 Å². The van der Waals surface area contributed by atoms with Crippen molar-refractivity contribution >= 4 is 27.3 Å². The Morgan fingerprint density at radius 1 is 1.23 bits per heavy atom. The molecule has 2 aromatic carbocycles. The molecule has 2 aromatic rings. The molecule has 0 bridgehead atoms. The molecule has 3 rings (SSSR count). The van der Waals surface area contributed by atoms with Crippen molar-refractivity contribution in [1.82, 2.24) is 4.90 Å². The third-order valence-electron chi connectivity index (χ3n) is 4.66. The van der Waals surface area contributed by atoms with Crippen LogP contribution in [0, 0.1) is 10.1 Å². The summed E-state index contributed by atoms with van der Waals surface area (Å²) in [6.07, 6.45) is 1.98. The summed E-state index contributed by atoms with van der Waals surface area (Å²) in [5.74, 6) is 0.632. The first-order chi connectivity index (χ1) is 12.5. The Kier molecular flexibility index (Phi) is 6.11. The Morgan fingerprint density at radius 3 is 2.54 bits per heavy atom. The van der Waals surface area contributed by atoms with E-state index >= 15 is 0 Å². The van der Waals surface area contributed by atoms with Crippen LogP contribution in [0.3, 0.4) is 0 Å². The first-order valence-electron chi connectivity index (χ1n) is 8.61. The van der Waals surface area contributed by atoms with Crippen LogP contribution in [0.5, 0.6) is 5.75 Å². The first kappa shape index (κ1) is 18.7. The lowest BCUT2D eigenvalue weighted by Crippen LogP contribution is -2.38. The summed E-state index contributed by atoms with van der Waals surface area (Å²) in [6.45, 7) is 2.93. The molecule has 0 atom stereocenters. The van der Waals surface area contributed by atoms with Crippen molar-refractivity contribution in [3.8, 4) is 5.75 Å². The monoisotopic (exact) mass is 419 g/mol. The van der Waals surface area contributed by atoms with E-state index in [1.807, 2.05) is 0 Å². The van der Waals surface area contributed by atoms with Crippen molar-refractivity contribution in [3.05, 3.63) is 62.6 Å². The predicted molar refractivity (Wildman–Crippen MR) is 106 cm³/mol. The molecular formula is C19H22BrN3O3. The molecule has 26 heavy (non-hydrogen) atoms.